The summed E-state index contributed by atoms with van der Waals surface area (Å²) in [7, 11) is -3.81. The quantitative estimate of drug-likeness (QED) is 0.657. The number of benzene rings is 2. The van der Waals surface area contributed by atoms with Crippen molar-refractivity contribution in [2.75, 3.05) is 13.1 Å². The minimum Gasteiger partial charge on any atom is -0.326 e. The van der Waals surface area contributed by atoms with E-state index < -0.39 is 21.0 Å². The van der Waals surface area contributed by atoms with Crippen molar-refractivity contribution in [2.45, 2.75) is 16.9 Å². The molecule has 1 aliphatic rings. The molecule has 0 aliphatic carbocycles. The number of halogens is 1. The smallest absolute Gasteiger partial charge is 0.269 e. The minimum atomic E-state index is -3.81. The van der Waals surface area contributed by atoms with Crippen LogP contribution < -0.4 is 5.73 Å². The third-order valence-electron chi connectivity index (χ3n) is 4.32. The van der Waals surface area contributed by atoms with Gasteiger partial charge in [0.1, 0.15) is 5.82 Å². The fourth-order valence-electron chi connectivity index (χ4n) is 2.94. The number of nitrogens with two attached hydrogens (primary N) is 1. The standard InChI is InChI=1S/C16H16FN3O4S/c17-12-3-1-11(2-4-12)15-9-19(10-16(15)18)25(23,24)14-7-5-13(6-8-14)20(21)22/h1-8,15-16H,9-10,18H2/t15-,16+/m0/s1. The summed E-state index contributed by atoms with van der Waals surface area (Å²) in [5.74, 6) is -0.612. The summed E-state index contributed by atoms with van der Waals surface area (Å²) >= 11 is 0. The van der Waals surface area contributed by atoms with E-state index in [1.54, 1.807) is 12.1 Å². The van der Waals surface area contributed by atoms with Crippen molar-refractivity contribution in [3.05, 3.63) is 70.0 Å². The Bertz CT molecular complexity index is 885. The van der Waals surface area contributed by atoms with Crippen LogP contribution in [0.1, 0.15) is 11.5 Å². The molecule has 3 rings (SSSR count). The number of rotatable bonds is 4. The Labute approximate surface area is 144 Å². The maximum atomic E-state index is 13.1. The van der Waals surface area contributed by atoms with Crippen LogP contribution in [0.25, 0.3) is 0 Å². The van der Waals surface area contributed by atoms with E-state index in [1.165, 1.54) is 28.6 Å². The molecular formula is C16H16FN3O4S. The Balaban J connectivity index is 1.84. The molecule has 1 heterocycles. The molecule has 0 saturated carbocycles. The van der Waals surface area contributed by atoms with Gasteiger partial charge in [-0.05, 0) is 29.8 Å². The van der Waals surface area contributed by atoms with E-state index in [0.717, 1.165) is 17.7 Å². The minimum absolute atomic E-state index is 0.0231. The summed E-state index contributed by atoms with van der Waals surface area (Å²) in [4.78, 5) is 10.1. The molecule has 0 unspecified atom stereocenters. The number of hydrogen-bond donors (Lipinski definition) is 1. The number of nitrogens with zero attached hydrogens (tertiary/aromatic N) is 2. The van der Waals surface area contributed by atoms with Gasteiger partial charge in [0.05, 0.1) is 9.82 Å². The molecule has 0 bridgehead atoms. The molecule has 2 aromatic rings. The van der Waals surface area contributed by atoms with Crippen LogP contribution in [0.15, 0.2) is 53.4 Å². The van der Waals surface area contributed by atoms with Gasteiger partial charge in [-0.15, -0.1) is 0 Å². The molecule has 2 atom stereocenters. The highest BCUT2D eigenvalue weighted by Gasteiger charge is 2.38. The number of nitro benzene ring substituents is 1. The fraction of sp³-hybridized carbons (Fsp3) is 0.250. The van der Waals surface area contributed by atoms with E-state index in [1.807, 2.05) is 0 Å². The van der Waals surface area contributed by atoms with Crippen molar-refractivity contribution >= 4 is 15.7 Å². The van der Waals surface area contributed by atoms with Gasteiger partial charge in [-0.2, -0.15) is 4.31 Å². The van der Waals surface area contributed by atoms with E-state index in [0.29, 0.717) is 0 Å². The number of nitro groups is 1. The Hall–Kier alpha value is -2.36. The molecule has 1 fully saturated rings. The Morgan fingerprint density at radius 2 is 1.68 bits per heavy atom. The second-order valence-corrected chi connectivity index (χ2v) is 7.83. The van der Waals surface area contributed by atoms with Gasteiger partial charge >= 0.3 is 0 Å². The first-order valence-electron chi connectivity index (χ1n) is 7.54. The second kappa shape index (κ2) is 6.51. The predicted octanol–water partition coefficient (Wildman–Crippen LogP) is 1.85. The van der Waals surface area contributed by atoms with Crippen LogP contribution >= 0.6 is 0 Å². The van der Waals surface area contributed by atoms with Gasteiger partial charge in [0.15, 0.2) is 0 Å². The van der Waals surface area contributed by atoms with Crippen LogP contribution in [0.5, 0.6) is 0 Å². The second-order valence-electron chi connectivity index (χ2n) is 5.89. The largest absolute Gasteiger partial charge is 0.326 e. The van der Waals surface area contributed by atoms with Crippen LogP contribution in [-0.4, -0.2) is 36.8 Å². The fourth-order valence-corrected chi connectivity index (χ4v) is 4.44. The maximum Gasteiger partial charge on any atom is 0.269 e. The van der Waals surface area contributed by atoms with Crippen LogP contribution in [0.3, 0.4) is 0 Å². The molecule has 0 spiro atoms. The topological polar surface area (TPSA) is 107 Å². The van der Waals surface area contributed by atoms with Crippen molar-refractivity contribution in [3.8, 4) is 0 Å². The molecule has 7 nitrogen and oxygen atoms in total. The average molecular weight is 365 g/mol. The summed E-state index contributed by atoms with van der Waals surface area (Å²) in [5.41, 5.74) is 6.68. The predicted molar refractivity (Wildman–Crippen MR) is 89.0 cm³/mol. The van der Waals surface area contributed by atoms with Crippen molar-refractivity contribution in [3.63, 3.8) is 0 Å². The van der Waals surface area contributed by atoms with Gasteiger partial charge in [-0.25, -0.2) is 12.8 Å². The highest BCUT2D eigenvalue weighted by atomic mass is 32.2. The van der Waals surface area contributed by atoms with E-state index in [4.69, 9.17) is 5.73 Å². The lowest BCUT2D eigenvalue weighted by atomic mass is 9.95. The summed E-state index contributed by atoms with van der Waals surface area (Å²) < 4.78 is 39.8. The lowest BCUT2D eigenvalue weighted by Gasteiger charge is -2.16. The van der Waals surface area contributed by atoms with E-state index >= 15 is 0 Å². The zero-order valence-corrected chi connectivity index (χ0v) is 13.9. The van der Waals surface area contributed by atoms with E-state index in [-0.39, 0.29) is 35.4 Å². The van der Waals surface area contributed by atoms with Gasteiger partial charge in [-0.1, -0.05) is 12.1 Å². The zero-order valence-electron chi connectivity index (χ0n) is 13.1. The molecular weight excluding hydrogens is 349 g/mol. The first-order chi connectivity index (χ1) is 11.8. The highest BCUT2D eigenvalue weighted by Crippen LogP contribution is 2.31. The van der Waals surface area contributed by atoms with Crippen LogP contribution in [0.4, 0.5) is 10.1 Å². The van der Waals surface area contributed by atoms with E-state index in [2.05, 4.69) is 0 Å². The molecule has 0 radical (unpaired) electrons. The van der Waals surface area contributed by atoms with Crippen molar-refractivity contribution in [1.29, 1.82) is 0 Å². The molecule has 1 saturated heterocycles. The van der Waals surface area contributed by atoms with Crippen molar-refractivity contribution in [1.82, 2.24) is 4.31 Å². The van der Waals surface area contributed by atoms with Crippen molar-refractivity contribution < 1.29 is 17.7 Å². The Morgan fingerprint density at radius 3 is 2.24 bits per heavy atom. The summed E-state index contributed by atoms with van der Waals surface area (Å²) in [6, 6.07) is 10.1. The van der Waals surface area contributed by atoms with Gasteiger partial charge in [0, 0.05) is 37.2 Å². The van der Waals surface area contributed by atoms with Crippen molar-refractivity contribution in [2.24, 2.45) is 5.73 Å². The van der Waals surface area contributed by atoms with Gasteiger partial charge in [0.25, 0.3) is 5.69 Å². The molecule has 0 aromatic heterocycles. The lowest BCUT2D eigenvalue weighted by molar-refractivity contribution is -0.384. The molecule has 0 amide bonds. The monoisotopic (exact) mass is 365 g/mol. The third kappa shape index (κ3) is 3.39. The summed E-state index contributed by atoms with van der Waals surface area (Å²) in [6.45, 7) is 0.299. The first-order valence-corrected chi connectivity index (χ1v) is 8.98. The van der Waals surface area contributed by atoms with Crippen LogP contribution in [-0.2, 0) is 10.0 Å². The number of non-ortho nitro benzene ring substituents is 1. The van der Waals surface area contributed by atoms with Gasteiger partial charge in [-0.3, -0.25) is 10.1 Å². The Kier molecular flexibility index (Phi) is 4.55. The average Bonchev–Trinajstić information content (AvgIpc) is 2.98. The normalized spacial score (nSPS) is 21.4. The number of sulfonamides is 1. The first kappa shape index (κ1) is 17.5. The summed E-state index contributed by atoms with van der Waals surface area (Å²) in [5, 5.41) is 10.7. The van der Waals surface area contributed by atoms with Gasteiger partial charge < -0.3 is 5.73 Å². The summed E-state index contributed by atoms with van der Waals surface area (Å²) in [6.07, 6.45) is 0. The molecule has 9 heteroatoms. The SMILES string of the molecule is N[C@@H]1CN(S(=O)(=O)c2ccc([N+](=O)[O-])cc2)C[C@H]1c1ccc(F)cc1. The number of hydrogen-bond acceptors (Lipinski definition) is 5. The molecule has 1 aliphatic heterocycles. The zero-order chi connectivity index (χ0) is 18.2. The maximum absolute atomic E-state index is 13.1. The van der Waals surface area contributed by atoms with Crippen LogP contribution in [0.2, 0.25) is 0 Å². The van der Waals surface area contributed by atoms with E-state index in [9.17, 15) is 22.9 Å². The molecule has 2 N–H and O–H groups in total. The molecule has 25 heavy (non-hydrogen) atoms. The van der Waals surface area contributed by atoms with Crippen LogP contribution in [0, 0.1) is 15.9 Å². The molecule has 2 aromatic carbocycles. The van der Waals surface area contributed by atoms with Gasteiger partial charge in [0.2, 0.25) is 10.0 Å². The molecule has 132 valence electrons. The lowest BCUT2D eigenvalue weighted by Crippen LogP contribution is -2.32. The third-order valence-corrected chi connectivity index (χ3v) is 6.16. The Morgan fingerprint density at radius 1 is 1.08 bits per heavy atom. The highest BCUT2D eigenvalue weighted by molar-refractivity contribution is 7.89.